The lowest BCUT2D eigenvalue weighted by Crippen LogP contribution is -2.35. The Labute approximate surface area is 114 Å². The van der Waals surface area contributed by atoms with E-state index in [1.165, 1.54) is 7.05 Å². The van der Waals surface area contributed by atoms with Crippen molar-refractivity contribution in [3.8, 4) is 0 Å². The number of hydrogen-bond acceptors (Lipinski definition) is 2. The number of amides is 2. The first-order valence-electron chi connectivity index (χ1n) is 5.32. The Hall–Kier alpha value is -1.56. The van der Waals surface area contributed by atoms with Crippen LogP contribution in [0, 0.1) is 13.8 Å². The van der Waals surface area contributed by atoms with Gasteiger partial charge in [0, 0.05) is 11.5 Å². The van der Waals surface area contributed by atoms with Crippen LogP contribution in [0.25, 0.3) is 0 Å². The van der Waals surface area contributed by atoms with Crippen molar-refractivity contribution >= 4 is 33.6 Å². The van der Waals surface area contributed by atoms with Crippen molar-refractivity contribution < 1.29 is 14.7 Å². The molecule has 0 bridgehead atoms. The molecule has 0 aliphatic carbocycles. The second kappa shape index (κ2) is 5.86. The molecule has 0 heterocycles. The number of carboxylic acid groups (broad SMARTS) is 1. The molecule has 98 valence electrons. The number of carbonyl (C=O) groups is 2. The SMILES string of the molecule is Cc1cc(C)c(NC(=O)N(C)CC(=O)O)c(Br)c1. The van der Waals surface area contributed by atoms with E-state index < -0.39 is 12.0 Å². The molecule has 1 aromatic carbocycles. The maximum atomic E-state index is 11.8. The monoisotopic (exact) mass is 314 g/mol. The number of carboxylic acids is 1. The Bertz CT molecular complexity index is 465. The van der Waals surface area contributed by atoms with Crippen molar-refractivity contribution in [2.75, 3.05) is 18.9 Å². The largest absolute Gasteiger partial charge is 0.480 e. The average molecular weight is 315 g/mol. The van der Waals surface area contributed by atoms with Crippen LogP contribution >= 0.6 is 15.9 Å². The lowest BCUT2D eigenvalue weighted by molar-refractivity contribution is -0.137. The minimum absolute atomic E-state index is 0.339. The smallest absolute Gasteiger partial charge is 0.323 e. The van der Waals surface area contributed by atoms with Gasteiger partial charge in [-0.15, -0.1) is 0 Å². The number of carbonyl (C=O) groups excluding carboxylic acids is 1. The fourth-order valence-corrected chi connectivity index (χ4v) is 2.32. The first kappa shape index (κ1) is 14.5. The van der Waals surface area contributed by atoms with Gasteiger partial charge in [-0.2, -0.15) is 0 Å². The summed E-state index contributed by atoms with van der Waals surface area (Å²) >= 11 is 3.38. The molecule has 0 fully saturated rings. The lowest BCUT2D eigenvalue weighted by Gasteiger charge is -2.18. The van der Waals surface area contributed by atoms with Gasteiger partial charge in [-0.25, -0.2) is 4.79 Å². The summed E-state index contributed by atoms with van der Waals surface area (Å²) in [6, 6.07) is 3.38. The maximum Gasteiger partial charge on any atom is 0.323 e. The first-order chi connectivity index (χ1) is 8.31. The molecule has 0 saturated heterocycles. The Balaban J connectivity index is 2.85. The third kappa shape index (κ3) is 3.73. The van der Waals surface area contributed by atoms with E-state index in [0.29, 0.717) is 5.69 Å². The highest BCUT2D eigenvalue weighted by molar-refractivity contribution is 9.10. The summed E-state index contributed by atoms with van der Waals surface area (Å²) < 4.78 is 0.775. The molecule has 18 heavy (non-hydrogen) atoms. The summed E-state index contributed by atoms with van der Waals surface area (Å²) in [5.74, 6) is -1.05. The summed E-state index contributed by atoms with van der Waals surface area (Å²) in [5, 5.41) is 11.3. The van der Waals surface area contributed by atoms with Gasteiger partial charge in [0.15, 0.2) is 0 Å². The normalized spacial score (nSPS) is 10.0. The van der Waals surface area contributed by atoms with Crippen molar-refractivity contribution in [2.24, 2.45) is 0 Å². The van der Waals surface area contributed by atoms with Crippen LogP contribution in [0.15, 0.2) is 16.6 Å². The Kier molecular flexibility index (Phi) is 4.72. The summed E-state index contributed by atoms with van der Waals surface area (Å²) in [7, 11) is 1.43. The molecule has 1 rings (SSSR count). The molecule has 0 atom stereocenters. The second-order valence-corrected chi connectivity index (χ2v) is 4.97. The molecule has 0 saturated carbocycles. The standard InChI is InChI=1S/C12H15BrN2O3/c1-7-4-8(2)11(9(13)5-7)14-12(18)15(3)6-10(16)17/h4-5H,6H2,1-3H3,(H,14,18)(H,16,17). The Morgan fingerprint density at radius 1 is 1.39 bits per heavy atom. The van der Waals surface area contributed by atoms with Gasteiger partial charge in [0.05, 0.1) is 5.69 Å². The van der Waals surface area contributed by atoms with Crippen molar-refractivity contribution in [2.45, 2.75) is 13.8 Å². The lowest BCUT2D eigenvalue weighted by atomic mass is 10.1. The van der Waals surface area contributed by atoms with Crippen LogP contribution in [0.1, 0.15) is 11.1 Å². The van der Waals surface area contributed by atoms with Gasteiger partial charge >= 0.3 is 12.0 Å². The number of aliphatic carboxylic acids is 1. The van der Waals surface area contributed by atoms with Gasteiger partial charge in [0.1, 0.15) is 6.54 Å². The van der Waals surface area contributed by atoms with Crippen LogP contribution in [0.3, 0.4) is 0 Å². The van der Waals surface area contributed by atoms with E-state index in [1.807, 2.05) is 26.0 Å². The van der Waals surface area contributed by atoms with E-state index in [-0.39, 0.29) is 6.54 Å². The van der Waals surface area contributed by atoms with Gasteiger partial charge < -0.3 is 15.3 Å². The van der Waals surface area contributed by atoms with Crippen LogP contribution in [-0.4, -0.2) is 35.6 Å². The summed E-state index contributed by atoms with van der Waals surface area (Å²) in [6.07, 6.45) is 0. The van der Waals surface area contributed by atoms with Gasteiger partial charge in [0.25, 0.3) is 0 Å². The third-order valence-electron chi connectivity index (χ3n) is 2.38. The highest BCUT2D eigenvalue weighted by Crippen LogP contribution is 2.27. The van der Waals surface area contributed by atoms with Gasteiger partial charge in [-0.3, -0.25) is 4.79 Å². The van der Waals surface area contributed by atoms with Gasteiger partial charge in [-0.1, -0.05) is 6.07 Å². The fourth-order valence-electron chi connectivity index (χ4n) is 1.55. The molecule has 0 unspecified atom stereocenters. The number of halogens is 1. The topological polar surface area (TPSA) is 69.6 Å². The Morgan fingerprint density at radius 3 is 2.50 bits per heavy atom. The van der Waals surface area contributed by atoms with E-state index in [1.54, 1.807) is 0 Å². The van der Waals surface area contributed by atoms with Crippen molar-refractivity contribution in [1.82, 2.24) is 4.90 Å². The quantitative estimate of drug-likeness (QED) is 0.901. The number of rotatable bonds is 3. The number of benzene rings is 1. The number of hydrogen-bond donors (Lipinski definition) is 2. The molecule has 2 N–H and O–H groups in total. The second-order valence-electron chi connectivity index (χ2n) is 4.12. The van der Waals surface area contributed by atoms with Crippen molar-refractivity contribution in [3.05, 3.63) is 27.7 Å². The minimum Gasteiger partial charge on any atom is -0.480 e. The van der Waals surface area contributed by atoms with Crippen LogP contribution in [0.4, 0.5) is 10.5 Å². The molecule has 6 heteroatoms. The summed E-state index contributed by atoms with van der Waals surface area (Å²) in [4.78, 5) is 23.4. The van der Waals surface area contributed by atoms with Crippen LogP contribution in [-0.2, 0) is 4.79 Å². The molecule has 0 aliphatic rings. The molecule has 0 aliphatic heterocycles. The number of likely N-dealkylation sites (N-methyl/N-ethyl adjacent to an activating group) is 1. The van der Waals surface area contributed by atoms with Crippen LogP contribution in [0.2, 0.25) is 0 Å². The Morgan fingerprint density at radius 2 is 2.00 bits per heavy atom. The van der Waals surface area contributed by atoms with Crippen molar-refractivity contribution in [1.29, 1.82) is 0 Å². The highest BCUT2D eigenvalue weighted by Gasteiger charge is 2.14. The molecule has 0 radical (unpaired) electrons. The molecule has 5 nitrogen and oxygen atoms in total. The molecule has 2 amide bonds. The summed E-state index contributed by atoms with van der Waals surface area (Å²) in [6.45, 7) is 3.50. The predicted octanol–water partition coefficient (Wildman–Crippen LogP) is 2.61. The summed E-state index contributed by atoms with van der Waals surface area (Å²) in [5.41, 5.74) is 2.65. The molecule has 0 spiro atoms. The van der Waals surface area contributed by atoms with Crippen LogP contribution < -0.4 is 5.32 Å². The highest BCUT2D eigenvalue weighted by atomic mass is 79.9. The number of anilines is 1. The fraction of sp³-hybridized carbons (Fsp3) is 0.333. The third-order valence-corrected chi connectivity index (χ3v) is 3.01. The number of urea groups is 1. The molecular weight excluding hydrogens is 300 g/mol. The number of nitrogens with zero attached hydrogens (tertiary/aromatic N) is 1. The maximum absolute atomic E-state index is 11.8. The van der Waals surface area contributed by atoms with E-state index in [2.05, 4.69) is 21.2 Å². The van der Waals surface area contributed by atoms with Gasteiger partial charge in [-0.05, 0) is 47.0 Å². The van der Waals surface area contributed by atoms with E-state index >= 15 is 0 Å². The number of nitrogens with one attached hydrogen (secondary N) is 1. The van der Waals surface area contributed by atoms with E-state index in [0.717, 1.165) is 20.5 Å². The van der Waals surface area contributed by atoms with E-state index in [9.17, 15) is 9.59 Å². The zero-order valence-electron chi connectivity index (χ0n) is 10.5. The molecule has 0 aromatic heterocycles. The van der Waals surface area contributed by atoms with E-state index in [4.69, 9.17) is 5.11 Å². The molecule has 1 aromatic rings. The number of aryl methyl sites for hydroxylation is 2. The minimum atomic E-state index is -1.05. The first-order valence-corrected chi connectivity index (χ1v) is 6.11. The van der Waals surface area contributed by atoms with Gasteiger partial charge in [0.2, 0.25) is 0 Å². The molecular formula is C12H15BrN2O3. The zero-order valence-corrected chi connectivity index (χ0v) is 12.0. The van der Waals surface area contributed by atoms with Crippen LogP contribution in [0.5, 0.6) is 0 Å². The average Bonchev–Trinajstić information content (AvgIpc) is 2.21. The predicted molar refractivity (Wildman–Crippen MR) is 72.9 cm³/mol. The zero-order chi connectivity index (χ0) is 13.9. The van der Waals surface area contributed by atoms with Crippen molar-refractivity contribution in [3.63, 3.8) is 0 Å².